The number of rotatable bonds is 3. The van der Waals surface area contributed by atoms with Gasteiger partial charge in [0.2, 0.25) is 5.78 Å². The van der Waals surface area contributed by atoms with Crippen molar-refractivity contribution in [3.63, 3.8) is 0 Å². The van der Waals surface area contributed by atoms with Crippen LogP contribution in [-0.4, -0.2) is 18.0 Å². The first kappa shape index (κ1) is 10.6. The van der Waals surface area contributed by atoms with Crippen molar-refractivity contribution >= 4 is 27.8 Å². The van der Waals surface area contributed by atoms with Gasteiger partial charge in [-0.2, -0.15) is 0 Å². The van der Waals surface area contributed by atoms with E-state index >= 15 is 0 Å². The lowest BCUT2D eigenvalue weighted by atomic mass is 10.1. The predicted octanol–water partition coefficient (Wildman–Crippen LogP) is 2.78. The van der Waals surface area contributed by atoms with Crippen molar-refractivity contribution in [1.29, 1.82) is 0 Å². The Morgan fingerprint density at radius 1 is 1.47 bits per heavy atom. The summed E-state index contributed by atoms with van der Waals surface area (Å²) in [5.74, 6) is 0.00588. The summed E-state index contributed by atoms with van der Waals surface area (Å²) in [6.45, 7) is 2.32. The van der Waals surface area contributed by atoms with Gasteiger partial charge in [0, 0.05) is 0 Å². The molecule has 1 fully saturated rings. The van der Waals surface area contributed by atoms with Crippen LogP contribution in [0.3, 0.4) is 0 Å². The summed E-state index contributed by atoms with van der Waals surface area (Å²) in [6, 6.07) is 9.71. The molecule has 1 unspecified atom stereocenters. The van der Waals surface area contributed by atoms with E-state index in [1.54, 1.807) is 6.92 Å². The molecule has 0 spiro atoms. The minimum Gasteiger partial charge on any atom is -0.361 e. The fourth-order valence-corrected chi connectivity index (χ4v) is 1.94. The van der Waals surface area contributed by atoms with Crippen molar-refractivity contribution in [2.24, 2.45) is 0 Å². The number of ketones is 1. The summed E-state index contributed by atoms with van der Waals surface area (Å²) >= 11 is 3.29. The van der Waals surface area contributed by atoms with Gasteiger partial charge in [-0.1, -0.05) is 30.3 Å². The average molecular weight is 267 g/mol. The van der Waals surface area contributed by atoms with Crippen molar-refractivity contribution in [3.8, 4) is 0 Å². The number of carbonyl (C=O) groups is 1. The Morgan fingerprint density at radius 2 is 2.07 bits per heavy atom. The third kappa shape index (κ3) is 2.36. The van der Waals surface area contributed by atoms with Crippen molar-refractivity contribution in [1.82, 2.24) is 0 Å². The smallest absolute Gasteiger partial charge is 0.203 e. The summed E-state index contributed by atoms with van der Waals surface area (Å²) in [6.07, 6.45) is 1.81. The molecule has 0 aromatic heterocycles. The molecule has 1 saturated heterocycles. The number of halogens is 1. The first-order chi connectivity index (χ1) is 7.12. The number of Topliss-reactive ketones (excluding diaryl/α,β-unsaturated/α-hetero) is 1. The minimum absolute atomic E-state index is 0.00588. The molecule has 0 radical (unpaired) electrons. The number of ether oxygens (including phenoxy) is 1. The monoisotopic (exact) mass is 266 g/mol. The van der Waals surface area contributed by atoms with Crippen LogP contribution in [0.5, 0.6) is 0 Å². The summed E-state index contributed by atoms with van der Waals surface area (Å²) in [4.78, 5) is 11.8. The van der Waals surface area contributed by atoms with Gasteiger partial charge in [-0.15, -0.1) is 0 Å². The molecule has 0 aliphatic carbocycles. The van der Waals surface area contributed by atoms with E-state index in [1.165, 1.54) is 0 Å². The lowest BCUT2D eigenvalue weighted by Gasteiger charge is -2.02. The number of benzene rings is 1. The van der Waals surface area contributed by atoms with Crippen LogP contribution in [0.15, 0.2) is 34.8 Å². The van der Waals surface area contributed by atoms with Crippen LogP contribution in [0.4, 0.5) is 0 Å². The second kappa shape index (κ2) is 3.91. The molecule has 0 bridgehead atoms. The van der Waals surface area contributed by atoms with Gasteiger partial charge in [-0.25, -0.2) is 0 Å². The summed E-state index contributed by atoms with van der Waals surface area (Å²) in [5.41, 5.74) is 0.409. The molecule has 0 saturated carbocycles. The summed E-state index contributed by atoms with van der Waals surface area (Å²) in [7, 11) is 0. The normalized spacial score (nSPS) is 25.1. The van der Waals surface area contributed by atoms with Gasteiger partial charge in [-0.05, 0) is 34.5 Å². The van der Waals surface area contributed by atoms with Gasteiger partial charge in [0.1, 0.15) is 0 Å². The van der Waals surface area contributed by atoms with Crippen molar-refractivity contribution in [3.05, 3.63) is 40.4 Å². The molecule has 1 atom stereocenters. The summed E-state index contributed by atoms with van der Waals surface area (Å²) < 4.78 is 5.66. The van der Waals surface area contributed by atoms with E-state index in [2.05, 4.69) is 15.9 Å². The Labute approximate surface area is 97.1 Å². The largest absolute Gasteiger partial charge is 0.361 e. The van der Waals surface area contributed by atoms with Crippen LogP contribution >= 0.6 is 15.9 Å². The Balaban J connectivity index is 2.17. The molecule has 15 heavy (non-hydrogen) atoms. The van der Waals surface area contributed by atoms with E-state index < -0.39 is 5.60 Å². The first-order valence-corrected chi connectivity index (χ1v) is 5.52. The minimum atomic E-state index is -0.593. The molecule has 0 N–H and O–H groups in total. The first-order valence-electron chi connectivity index (χ1n) is 4.73. The molecule has 1 heterocycles. The van der Waals surface area contributed by atoms with E-state index in [-0.39, 0.29) is 5.78 Å². The van der Waals surface area contributed by atoms with Gasteiger partial charge < -0.3 is 4.74 Å². The van der Waals surface area contributed by atoms with Crippen molar-refractivity contribution < 1.29 is 9.53 Å². The molecule has 0 amide bonds. The summed E-state index contributed by atoms with van der Waals surface area (Å²) in [5, 5.41) is 0. The molecule has 2 rings (SSSR count). The van der Waals surface area contributed by atoms with E-state index in [1.807, 2.05) is 36.4 Å². The highest BCUT2D eigenvalue weighted by Crippen LogP contribution is 2.32. The average Bonchev–Trinajstić information content (AvgIpc) is 2.98. The lowest BCUT2D eigenvalue weighted by Crippen LogP contribution is -2.19. The third-order valence-corrected chi connectivity index (χ3v) is 2.96. The zero-order chi connectivity index (χ0) is 10.9. The maximum Gasteiger partial charge on any atom is 0.203 e. The zero-order valence-electron chi connectivity index (χ0n) is 8.37. The maximum absolute atomic E-state index is 11.8. The quantitative estimate of drug-likeness (QED) is 0.622. The van der Waals surface area contributed by atoms with Gasteiger partial charge in [-0.3, -0.25) is 4.79 Å². The Bertz CT molecular complexity index is 405. The van der Waals surface area contributed by atoms with E-state index in [4.69, 9.17) is 4.74 Å². The number of carbonyl (C=O) groups excluding carboxylic acids is 1. The zero-order valence-corrected chi connectivity index (χ0v) is 9.95. The number of hydrogen-bond donors (Lipinski definition) is 0. The van der Waals surface area contributed by atoms with Gasteiger partial charge in [0.05, 0.1) is 11.1 Å². The fourth-order valence-electron chi connectivity index (χ4n) is 1.25. The van der Waals surface area contributed by atoms with Crippen LogP contribution in [0.25, 0.3) is 6.08 Å². The molecule has 78 valence electrons. The van der Waals surface area contributed by atoms with Crippen LogP contribution in [0.1, 0.15) is 12.5 Å². The fraction of sp³-hybridized carbons (Fsp3) is 0.250. The molecule has 1 aromatic carbocycles. The maximum atomic E-state index is 11.8. The molecular weight excluding hydrogens is 256 g/mol. The highest BCUT2D eigenvalue weighted by molar-refractivity contribution is 9.12. The molecular formula is C12H11BrO2. The van der Waals surface area contributed by atoms with Crippen LogP contribution in [0.2, 0.25) is 0 Å². The predicted molar refractivity (Wildman–Crippen MR) is 62.7 cm³/mol. The van der Waals surface area contributed by atoms with E-state index in [0.717, 1.165) is 5.56 Å². The molecule has 2 nitrogen and oxygen atoms in total. The third-order valence-electron chi connectivity index (χ3n) is 2.37. The number of hydrogen-bond acceptors (Lipinski definition) is 2. The van der Waals surface area contributed by atoms with Crippen LogP contribution in [0, 0.1) is 0 Å². The Kier molecular flexibility index (Phi) is 2.76. The van der Waals surface area contributed by atoms with Crippen LogP contribution < -0.4 is 0 Å². The Morgan fingerprint density at radius 3 is 2.60 bits per heavy atom. The SMILES string of the molecule is CC1(C(=O)C(Br)=Cc2ccccc2)CO1. The van der Waals surface area contributed by atoms with E-state index in [9.17, 15) is 4.79 Å². The molecule has 1 aliphatic heterocycles. The second-order valence-electron chi connectivity index (χ2n) is 3.75. The van der Waals surface area contributed by atoms with E-state index in [0.29, 0.717) is 11.1 Å². The standard InChI is InChI=1S/C12H11BrO2/c1-12(8-15-12)11(14)10(13)7-9-5-3-2-4-6-9/h2-7H,8H2,1H3. The molecule has 3 heteroatoms. The van der Waals surface area contributed by atoms with Gasteiger partial charge >= 0.3 is 0 Å². The van der Waals surface area contributed by atoms with Crippen molar-refractivity contribution in [2.45, 2.75) is 12.5 Å². The second-order valence-corrected chi connectivity index (χ2v) is 4.61. The van der Waals surface area contributed by atoms with Gasteiger partial charge in [0.25, 0.3) is 0 Å². The van der Waals surface area contributed by atoms with Gasteiger partial charge in [0.15, 0.2) is 5.60 Å². The Hall–Kier alpha value is -0.930. The number of epoxide rings is 1. The highest BCUT2D eigenvalue weighted by Gasteiger charge is 2.47. The topological polar surface area (TPSA) is 29.6 Å². The molecule has 1 aromatic rings. The van der Waals surface area contributed by atoms with Crippen molar-refractivity contribution in [2.75, 3.05) is 6.61 Å². The van der Waals surface area contributed by atoms with Crippen LogP contribution in [-0.2, 0) is 9.53 Å². The highest BCUT2D eigenvalue weighted by atomic mass is 79.9. The molecule has 1 aliphatic rings. The lowest BCUT2D eigenvalue weighted by molar-refractivity contribution is -0.119.